The second-order valence-electron chi connectivity index (χ2n) is 3.10. The molecule has 0 saturated carbocycles. The highest BCUT2D eigenvalue weighted by atomic mass is 32.2. The lowest BCUT2D eigenvalue weighted by Crippen LogP contribution is -1.86. The zero-order valence-electron chi connectivity index (χ0n) is 8.22. The summed E-state index contributed by atoms with van der Waals surface area (Å²) in [4.78, 5) is 4.02. The summed E-state index contributed by atoms with van der Waals surface area (Å²) in [5.41, 5.74) is 6.93. The van der Waals surface area contributed by atoms with E-state index in [-0.39, 0.29) is 0 Å². The van der Waals surface area contributed by atoms with E-state index in [4.69, 9.17) is 5.73 Å². The van der Waals surface area contributed by atoms with Crippen LogP contribution in [0.5, 0.6) is 0 Å². The number of nitrogens with two attached hydrogens (primary N) is 1. The fourth-order valence-electron chi connectivity index (χ4n) is 1.25. The van der Waals surface area contributed by atoms with Crippen molar-refractivity contribution in [3.63, 3.8) is 0 Å². The molecule has 1 aromatic carbocycles. The van der Waals surface area contributed by atoms with Crippen molar-refractivity contribution in [1.82, 2.24) is 4.98 Å². The van der Waals surface area contributed by atoms with Gasteiger partial charge >= 0.3 is 0 Å². The third-order valence-electron chi connectivity index (χ3n) is 1.98. The summed E-state index contributed by atoms with van der Waals surface area (Å²) in [5.74, 6) is 1.08. The van der Waals surface area contributed by atoms with E-state index in [1.807, 2.05) is 24.0 Å². The summed E-state index contributed by atoms with van der Waals surface area (Å²) < 4.78 is 1.20. The third-order valence-corrected chi connectivity index (χ3v) is 4.00. The molecule has 0 amide bonds. The van der Waals surface area contributed by atoms with Crippen molar-refractivity contribution >= 4 is 28.2 Å². The number of anilines is 1. The predicted octanol–water partition coefficient (Wildman–Crippen LogP) is 3.06. The van der Waals surface area contributed by atoms with E-state index in [0.29, 0.717) is 5.13 Å². The molecule has 0 fully saturated rings. The van der Waals surface area contributed by atoms with E-state index in [0.717, 1.165) is 12.2 Å². The number of thioether (sulfide) groups is 1. The Bertz CT molecular complexity index is 412. The maximum Gasteiger partial charge on any atom is 0.181 e. The first kappa shape index (κ1) is 10.5. The van der Waals surface area contributed by atoms with Gasteiger partial charge < -0.3 is 5.73 Å². The normalized spacial score (nSPS) is 10.4. The quantitative estimate of drug-likeness (QED) is 0.829. The molecule has 4 heteroatoms. The summed E-state index contributed by atoms with van der Waals surface area (Å²) >= 11 is 3.36. The molecule has 0 radical (unpaired) electrons. The molecule has 0 saturated heterocycles. The van der Waals surface area contributed by atoms with Crippen molar-refractivity contribution in [3.05, 3.63) is 42.1 Å². The van der Waals surface area contributed by atoms with Crippen LogP contribution in [-0.4, -0.2) is 10.7 Å². The second-order valence-corrected chi connectivity index (χ2v) is 5.56. The number of aromatic nitrogens is 1. The van der Waals surface area contributed by atoms with E-state index < -0.39 is 0 Å². The van der Waals surface area contributed by atoms with Crippen LogP contribution >= 0.6 is 23.1 Å². The van der Waals surface area contributed by atoms with Gasteiger partial charge in [-0.1, -0.05) is 41.7 Å². The topological polar surface area (TPSA) is 38.9 Å². The number of benzene rings is 1. The van der Waals surface area contributed by atoms with Crippen molar-refractivity contribution < 1.29 is 0 Å². The van der Waals surface area contributed by atoms with E-state index in [9.17, 15) is 0 Å². The summed E-state index contributed by atoms with van der Waals surface area (Å²) in [6.07, 6.45) is 2.93. The Morgan fingerprint density at radius 1 is 1.27 bits per heavy atom. The van der Waals surface area contributed by atoms with Crippen LogP contribution in [0.15, 0.2) is 40.7 Å². The molecule has 2 nitrogen and oxygen atoms in total. The number of hydrogen-bond acceptors (Lipinski definition) is 4. The monoisotopic (exact) mass is 236 g/mol. The molecule has 0 spiro atoms. The van der Waals surface area contributed by atoms with Crippen LogP contribution in [0.2, 0.25) is 0 Å². The molecule has 0 atom stereocenters. The first-order chi connectivity index (χ1) is 7.34. The first-order valence-electron chi connectivity index (χ1n) is 4.72. The van der Waals surface area contributed by atoms with Crippen LogP contribution in [0.25, 0.3) is 0 Å². The minimum atomic E-state index is 0.650. The highest BCUT2D eigenvalue weighted by Crippen LogP contribution is 2.26. The molecule has 2 aromatic rings. The van der Waals surface area contributed by atoms with Gasteiger partial charge in [-0.15, -0.1) is 11.8 Å². The second kappa shape index (κ2) is 5.19. The molecule has 15 heavy (non-hydrogen) atoms. The smallest absolute Gasteiger partial charge is 0.181 e. The standard InChI is InChI=1S/C11H12N2S2/c12-11-13-8-10(15-11)14-7-6-9-4-2-1-3-5-9/h1-5,8H,6-7H2,(H2,12,13). The van der Waals surface area contributed by atoms with Gasteiger partial charge in [-0.25, -0.2) is 4.98 Å². The van der Waals surface area contributed by atoms with Gasteiger partial charge in [0.25, 0.3) is 0 Å². The van der Waals surface area contributed by atoms with Gasteiger partial charge in [0.1, 0.15) is 0 Å². The zero-order valence-corrected chi connectivity index (χ0v) is 9.85. The summed E-state index contributed by atoms with van der Waals surface area (Å²) in [5, 5.41) is 0.650. The summed E-state index contributed by atoms with van der Waals surface area (Å²) in [6.45, 7) is 0. The minimum absolute atomic E-state index is 0.650. The lowest BCUT2D eigenvalue weighted by Gasteiger charge is -1.98. The van der Waals surface area contributed by atoms with Crippen LogP contribution in [0.4, 0.5) is 5.13 Å². The van der Waals surface area contributed by atoms with Crippen molar-refractivity contribution in [3.8, 4) is 0 Å². The maximum atomic E-state index is 5.56. The first-order valence-corrected chi connectivity index (χ1v) is 6.53. The van der Waals surface area contributed by atoms with Crippen molar-refractivity contribution in [2.24, 2.45) is 0 Å². The molecule has 0 aliphatic carbocycles. The average molecular weight is 236 g/mol. The van der Waals surface area contributed by atoms with Crippen LogP contribution in [0.3, 0.4) is 0 Å². The van der Waals surface area contributed by atoms with Gasteiger partial charge in [-0.2, -0.15) is 0 Å². The largest absolute Gasteiger partial charge is 0.375 e. The maximum absolute atomic E-state index is 5.56. The highest BCUT2D eigenvalue weighted by molar-refractivity contribution is 8.01. The Morgan fingerprint density at radius 2 is 2.07 bits per heavy atom. The average Bonchev–Trinajstić information content (AvgIpc) is 2.66. The zero-order chi connectivity index (χ0) is 10.5. The Kier molecular flexibility index (Phi) is 3.64. The van der Waals surface area contributed by atoms with Gasteiger partial charge in [-0.05, 0) is 12.0 Å². The molecule has 0 aliphatic heterocycles. The fourth-order valence-corrected chi connectivity index (χ4v) is 3.08. The number of aryl methyl sites for hydroxylation is 1. The van der Waals surface area contributed by atoms with Gasteiger partial charge in [0.2, 0.25) is 0 Å². The van der Waals surface area contributed by atoms with Crippen LogP contribution in [-0.2, 0) is 6.42 Å². The van der Waals surface area contributed by atoms with Gasteiger partial charge in [-0.3, -0.25) is 0 Å². The van der Waals surface area contributed by atoms with E-state index >= 15 is 0 Å². The Morgan fingerprint density at radius 3 is 2.73 bits per heavy atom. The number of nitrogen functional groups attached to an aromatic ring is 1. The van der Waals surface area contributed by atoms with Crippen LogP contribution in [0.1, 0.15) is 5.56 Å². The van der Waals surface area contributed by atoms with Crippen LogP contribution < -0.4 is 5.73 Å². The lowest BCUT2D eigenvalue weighted by atomic mass is 10.2. The van der Waals surface area contributed by atoms with Crippen molar-refractivity contribution in [2.75, 3.05) is 11.5 Å². The number of thiazole rings is 1. The van der Waals surface area contributed by atoms with Crippen molar-refractivity contribution in [1.29, 1.82) is 0 Å². The van der Waals surface area contributed by atoms with E-state index in [2.05, 4.69) is 29.2 Å². The molecule has 1 aromatic heterocycles. The Labute approximate surface area is 97.5 Å². The SMILES string of the molecule is Nc1ncc(SCCc2ccccc2)s1. The predicted molar refractivity (Wildman–Crippen MR) is 67.4 cm³/mol. The van der Waals surface area contributed by atoms with Crippen LogP contribution in [0, 0.1) is 0 Å². The molecular weight excluding hydrogens is 224 g/mol. The minimum Gasteiger partial charge on any atom is -0.375 e. The number of hydrogen-bond donors (Lipinski definition) is 1. The molecule has 0 bridgehead atoms. The lowest BCUT2D eigenvalue weighted by molar-refractivity contribution is 1.16. The number of rotatable bonds is 4. The molecule has 78 valence electrons. The van der Waals surface area contributed by atoms with E-state index in [1.54, 1.807) is 11.3 Å². The fraction of sp³-hybridized carbons (Fsp3) is 0.182. The molecule has 2 rings (SSSR count). The molecule has 1 heterocycles. The molecule has 2 N–H and O–H groups in total. The van der Waals surface area contributed by atoms with Gasteiger partial charge in [0, 0.05) is 5.75 Å². The number of nitrogens with zero attached hydrogens (tertiary/aromatic N) is 1. The highest BCUT2D eigenvalue weighted by Gasteiger charge is 1.99. The Balaban J connectivity index is 1.80. The van der Waals surface area contributed by atoms with Gasteiger partial charge in [0.05, 0.1) is 10.4 Å². The summed E-state index contributed by atoms with van der Waals surface area (Å²) in [7, 11) is 0. The molecule has 0 aliphatic rings. The third kappa shape index (κ3) is 3.25. The van der Waals surface area contributed by atoms with Crippen molar-refractivity contribution in [2.45, 2.75) is 10.6 Å². The molecular formula is C11H12N2S2. The van der Waals surface area contributed by atoms with E-state index in [1.165, 1.54) is 9.77 Å². The summed E-state index contributed by atoms with van der Waals surface area (Å²) in [6, 6.07) is 10.5. The Hall–Kier alpha value is -1.00. The van der Waals surface area contributed by atoms with Gasteiger partial charge in [0.15, 0.2) is 5.13 Å². The molecule has 0 unspecified atom stereocenters.